The molecule has 0 amide bonds. The monoisotopic (exact) mass is 1190 g/mol. The second kappa shape index (κ2) is 22.0. The molecule has 0 aliphatic heterocycles. The van der Waals surface area contributed by atoms with Crippen molar-refractivity contribution in [1.29, 1.82) is 0 Å². The van der Waals surface area contributed by atoms with Crippen LogP contribution >= 0.6 is 11.3 Å². The Balaban J connectivity index is 0.735. The topological polar surface area (TPSA) is 43.6 Å². The maximum Gasteiger partial charge on any atom is 0.164 e. The Morgan fingerprint density at radius 3 is 1.26 bits per heavy atom. The largest absolute Gasteiger partial charge is 0.309 e. The van der Waals surface area contributed by atoms with Crippen LogP contribution in [0.5, 0.6) is 0 Å². The highest BCUT2D eigenvalue weighted by Crippen LogP contribution is 2.48. The van der Waals surface area contributed by atoms with Crippen LogP contribution in [0.1, 0.15) is 0 Å². The molecule has 0 aliphatic rings. The first-order chi connectivity index (χ1) is 45.6. The van der Waals surface area contributed by atoms with E-state index in [4.69, 9.17) is 15.0 Å². The Morgan fingerprint density at radius 2 is 0.598 bits per heavy atom. The fourth-order valence-corrected chi connectivity index (χ4v) is 15.4. The highest BCUT2D eigenvalue weighted by atomic mass is 32.1. The zero-order chi connectivity index (χ0) is 60.6. The predicted molar refractivity (Wildman–Crippen MR) is 388 cm³/mol. The predicted octanol–water partition coefficient (Wildman–Crippen LogP) is 23.8. The van der Waals surface area contributed by atoms with Crippen LogP contribution < -0.4 is 0 Å². The summed E-state index contributed by atoms with van der Waals surface area (Å²) < 4.78 is 4.93. The lowest BCUT2D eigenvalue weighted by Crippen LogP contribution is -2.00. The summed E-state index contributed by atoms with van der Waals surface area (Å²) in [6.07, 6.45) is 0. The van der Waals surface area contributed by atoms with Crippen molar-refractivity contribution in [2.75, 3.05) is 0 Å². The van der Waals surface area contributed by atoms with Gasteiger partial charge in [-0.2, -0.15) is 0 Å². The van der Waals surface area contributed by atoms with Crippen LogP contribution in [-0.4, -0.2) is 19.5 Å². The van der Waals surface area contributed by atoms with Crippen molar-refractivity contribution in [3.05, 3.63) is 328 Å². The van der Waals surface area contributed by atoms with Crippen LogP contribution in [0.25, 0.3) is 181 Å². The summed E-state index contributed by atoms with van der Waals surface area (Å²) in [4.78, 5) is 15.2. The SMILES string of the molecule is c1ccc(-c2ccc(-c3cccc4c3sc3c(-c5cccc(-c6nc(-c7ccccc7)nc(-c7ccccc7)n6)c5)cccc34)c(-c3ccc4c(c3)c3ccccc3n4-c3cccc(-c4cccc(-c5ccc6c7ccccc7c7ccccc7c6c5)c4)c3)c2)cc1. The minimum Gasteiger partial charge on any atom is -0.309 e. The van der Waals surface area contributed by atoms with Crippen molar-refractivity contribution in [3.63, 3.8) is 0 Å². The molecule has 0 radical (unpaired) electrons. The van der Waals surface area contributed by atoms with E-state index in [1.54, 1.807) is 0 Å². The molecule has 3 aromatic heterocycles. The molecule has 5 heteroatoms. The summed E-state index contributed by atoms with van der Waals surface area (Å²) in [6, 6.07) is 119. The van der Waals surface area contributed by atoms with E-state index < -0.39 is 0 Å². The van der Waals surface area contributed by atoms with Gasteiger partial charge in [0.2, 0.25) is 0 Å². The first kappa shape index (κ1) is 53.2. The number of thiophene rings is 1. The summed E-state index contributed by atoms with van der Waals surface area (Å²) in [5, 5.41) is 12.6. The smallest absolute Gasteiger partial charge is 0.164 e. The van der Waals surface area contributed by atoms with Crippen molar-refractivity contribution in [2.24, 2.45) is 0 Å². The van der Waals surface area contributed by atoms with Crippen LogP contribution in [0, 0.1) is 0 Å². The van der Waals surface area contributed by atoms with Gasteiger partial charge >= 0.3 is 0 Å². The summed E-state index contributed by atoms with van der Waals surface area (Å²) >= 11 is 1.87. The average molecular weight is 1190 g/mol. The Hall–Kier alpha value is -11.9. The van der Waals surface area contributed by atoms with Crippen LogP contribution in [-0.2, 0) is 0 Å². The zero-order valence-electron chi connectivity index (χ0n) is 49.9. The van der Waals surface area contributed by atoms with E-state index in [0.29, 0.717) is 17.5 Å². The van der Waals surface area contributed by atoms with Crippen molar-refractivity contribution in [2.45, 2.75) is 0 Å². The summed E-state index contributed by atoms with van der Waals surface area (Å²) in [5.74, 6) is 1.91. The van der Waals surface area contributed by atoms with Gasteiger partial charge in [-0.1, -0.05) is 273 Å². The number of fused-ring (bicyclic) bond motifs is 12. The molecular weight excluding hydrogens is 1130 g/mol. The lowest BCUT2D eigenvalue weighted by atomic mass is 9.90. The highest BCUT2D eigenvalue weighted by molar-refractivity contribution is 7.26. The highest BCUT2D eigenvalue weighted by Gasteiger charge is 2.21. The molecule has 15 aromatic carbocycles. The minimum atomic E-state index is 0.632. The Morgan fingerprint density at radius 1 is 0.196 bits per heavy atom. The van der Waals surface area contributed by atoms with Gasteiger partial charge in [0.05, 0.1) is 11.0 Å². The minimum absolute atomic E-state index is 0.632. The normalized spacial score (nSPS) is 11.7. The molecule has 0 saturated carbocycles. The lowest BCUT2D eigenvalue weighted by Gasteiger charge is -2.15. The molecule has 428 valence electrons. The molecule has 0 fully saturated rings. The van der Waals surface area contributed by atoms with Gasteiger partial charge in [-0.25, -0.2) is 15.0 Å². The first-order valence-electron chi connectivity index (χ1n) is 31.3. The van der Waals surface area contributed by atoms with E-state index in [1.165, 1.54) is 119 Å². The van der Waals surface area contributed by atoms with E-state index in [1.807, 2.05) is 47.7 Å². The quantitative estimate of drug-likeness (QED) is 0.128. The van der Waals surface area contributed by atoms with Gasteiger partial charge in [0.25, 0.3) is 0 Å². The molecule has 0 aliphatic carbocycles. The van der Waals surface area contributed by atoms with Crippen molar-refractivity contribution >= 4 is 85.6 Å². The van der Waals surface area contributed by atoms with Crippen molar-refractivity contribution < 1.29 is 0 Å². The number of benzene rings is 15. The maximum atomic E-state index is 5.10. The van der Waals surface area contributed by atoms with Gasteiger partial charge in [0.15, 0.2) is 17.5 Å². The van der Waals surface area contributed by atoms with Gasteiger partial charge in [-0.15, -0.1) is 11.3 Å². The first-order valence-corrected chi connectivity index (χ1v) is 32.1. The Labute approximate surface area is 535 Å². The van der Waals surface area contributed by atoms with Gasteiger partial charge in [0, 0.05) is 58.9 Å². The number of aromatic nitrogens is 4. The van der Waals surface area contributed by atoms with E-state index in [0.717, 1.165) is 44.6 Å². The maximum absolute atomic E-state index is 5.10. The number of hydrogen-bond acceptors (Lipinski definition) is 4. The third kappa shape index (κ3) is 9.08. The Kier molecular flexibility index (Phi) is 12.7. The van der Waals surface area contributed by atoms with Crippen LogP contribution in [0.4, 0.5) is 0 Å². The van der Waals surface area contributed by atoms with Crippen LogP contribution in [0.2, 0.25) is 0 Å². The van der Waals surface area contributed by atoms with Crippen LogP contribution in [0.15, 0.2) is 328 Å². The number of para-hydroxylation sites is 1. The zero-order valence-corrected chi connectivity index (χ0v) is 50.7. The Bertz CT molecular complexity index is 5850. The molecule has 0 saturated heterocycles. The van der Waals surface area contributed by atoms with Gasteiger partial charge in [-0.3, -0.25) is 0 Å². The number of rotatable bonds is 10. The fraction of sp³-hybridized carbons (Fsp3) is 0. The number of hydrogen-bond donors (Lipinski definition) is 0. The van der Waals surface area contributed by atoms with Crippen molar-refractivity contribution in [1.82, 2.24) is 19.5 Å². The second-order valence-electron chi connectivity index (χ2n) is 23.8. The third-order valence-electron chi connectivity index (χ3n) is 18.4. The molecule has 0 N–H and O–H groups in total. The molecule has 0 unspecified atom stereocenters. The summed E-state index contributed by atoms with van der Waals surface area (Å²) in [5.41, 5.74) is 20.3. The lowest BCUT2D eigenvalue weighted by molar-refractivity contribution is 1.07. The standard InChI is InChI=1S/C87H54N4S/c1-4-21-55(22-5-1)61-43-47-73(75-39-20-41-77-76-40-19-38-67(83(76)92-84(75)77)63-30-17-31-65(50-63)87-89-85(56-23-6-2-7-24-56)88-86(90-87)57-25-8-3-9-26-57)78(52-61)64-45-48-82-80(54-64)74-37-14-15-42-81(74)91(82)66-32-18-29-60(51-66)58-27-16-28-59(49-58)62-44-46-72-70-35-11-10-33-68(70)69-34-12-13-36-71(69)79(72)53-62/h1-54H. The molecule has 92 heavy (non-hydrogen) atoms. The van der Waals surface area contributed by atoms with E-state index in [-0.39, 0.29) is 0 Å². The molecule has 18 rings (SSSR count). The molecule has 0 atom stereocenters. The third-order valence-corrected chi connectivity index (χ3v) is 19.7. The van der Waals surface area contributed by atoms with E-state index in [9.17, 15) is 0 Å². The van der Waals surface area contributed by atoms with E-state index in [2.05, 4.69) is 296 Å². The van der Waals surface area contributed by atoms with Gasteiger partial charge in [-0.05, 0) is 148 Å². The van der Waals surface area contributed by atoms with Crippen molar-refractivity contribution in [3.8, 4) is 107 Å². The molecule has 0 spiro atoms. The van der Waals surface area contributed by atoms with Gasteiger partial charge in [0.1, 0.15) is 0 Å². The van der Waals surface area contributed by atoms with Crippen LogP contribution in [0.3, 0.4) is 0 Å². The molecular formula is C87H54N4S. The molecule has 0 bridgehead atoms. The number of nitrogens with zero attached hydrogens (tertiary/aromatic N) is 4. The second-order valence-corrected chi connectivity index (χ2v) is 24.8. The summed E-state index contributed by atoms with van der Waals surface area (Å²) in [6.45, 7) is 0. The van der Waals surface area contributed by atoms with E-state index >= 15 is 0 Å². The fourth-order valence-electron chi connectivity index (χ4n) is 14.1. The average Bonchev–Trinajstić information content (AvgIpc) is 1.43. The summed E-state index contributed by atoms with van der Waals surface area (Å²) in [7, 11) is 0. The van der Waals surface area contributed by atoms with Gasteiger partial charge < -0.3 is 4.57 Å². The molecule has 3 heterocycles. The molecule has 18 aromatic rings. The molecule has 4 nitrogen and oxygen atoms in total.